The molecule has 1 atom stereocenters. The highest BCUT2D eigenvalue weighted by Gasteiger charge is 2.58. The van der Waals surface area contributed by atoms with Gasteiger partial charge in [-0.2, -0.15) is 0 Å². The fourth-order valence-electron chi connectivity index (χ4n) is 3.44. The van der Waals surface area contributed by atoms with Crippen molar-refractivity contribution in [3.63, 3.8) is 0 Å². The van der Waals surface area contributed by atoms with Crippen LogP contribution >= 0.6 is 11.6 Å². The van der Waals surface area contributed by atoms with Crippen molar-refractivity contribution >= 4 is 34.8 Å². The van der Waals surface area contributed by atoms with Crippen LogP contribution in [0, 0.1) is 0 Å². The van der Waals surface area contributed by atoms with Crippen LogP contribution in [0.3, 0.4) is 0 Å². The van der Waals surface area contributed by atoms with Gasteiger partial charge in [0, 0.05) is 23.1 Å². The van der Waals surface area contributed by atoms with Gasteiger partial charge < -0.3 is 14.3 Å². The number of anilines is 1. The summed E-state index contributed by atoms with van der Waals surface area (Å²) in [5, 5.41) is 4.63. The van der Waals surface area contributed by atoms with Gasteiger partial charge in [-0.3, -0.25) is 9.59 Å². The Balaban J connectivity index is 1.61. The van der Waals surface area contributed by atoms with Crippen LogP contribution in [0.4, 0.5) is 5.69 Å². The SMILES string of the molecule is COc1ccc(C2=NO[C@]3(CC(=O)N(c4ccc(Cl)cc4)C3=O)C2)c(OC)c1. The lowest BCUT2D eigenvalue weighted by molar-refractivity contribution is -0.136. The van der Waals surface area contributed by atoms with Gasteiger partial charge in [0.25, 0.3) is 5.91 Å². The summed E-state index contributed by atoms with van der Waals surface area (Å²) in [6, 6.07) is 11.8. The minimum Gasteiger partial charge on any atom is -0.497 e. The molecular formula is C20H17ClN2O5. The summed E-state index contributed by atoms with van der Waals surface area (Å²) < 4.78 is 10.6. The second-order valence-electron chi connectivity index (χ2n) is 6.55. The predicted octanol–water partition coefficient (Wildman–Crippen LogP) is 3.18. The zero-order valence-electron chi connectivity index (χ0n) is 15.3. The summed E-state index contributed by atoms with van der Waals surface area (Å²) in [4.78, 5) is 32.3. The number of benzene rings is 2. The molecule has 7 nitrogen and oxygen atoms in total. The molecule has 4 rings (SSSR count). The summed E-state index contributed by atoms with van der Waals surface area (Å²) in [6.07, 6.45) is 0.0876. The minimum atomic E-state index is -1.34. The number of amides is 2. The normalized spacial score (nSPS) is 21.1. The Morgan fingerprint density at radius 3 is 2.50 bits per heavy atom. The molecule has 28 heavy (non-hydrogen) atoms. The Hall–Kier alpha value is -3.06. The van der Waals surface area contributed by atoms with Crippen molar-refractivity contribution in [3.8, 4) is 11.5 Å². The molecule has 0 radical (unpaired) electrons. The Kier molecular flexibility index (Phi) is 4.47. The van der Waals surface area contributed by atoms with Gasteiger partial charge in [-0.15, -0.1) is 0 Å². The van der Waals surface area contributed by atoms with Crippen molar-refractivity contribution in [1.82, 2.24) is 0 Å². The predicted molar refractivity (Wildman–Crippen MR) is 103 cm³/mol. The largest absolute Gasteiger partial charge is 0.497 e. The highest BCUT2D eigenvalue weighted by atomic mass is 35.5. The van der Waals surface area contributed by atoms with Gasteiger partial charge in [-0.1, -0.05) is 16.8 Å². The lowest BCUT2D eigenvalue weighted by Gasteiger charge is -2.19. The molecule has 2 aliphatic heterocycles. The van der Waals surface area contributed by atoms with Crippen molar-refractivity contribution in [2.45, 2.75) is 18.4 Å². The number of imide groups is 1. The highest BCUT2D eigenvalue weighted by molar-refractivity contribution is 6.31. The van der Waals surface area contributed by atoms with Gasteiger partial charge >= 0.3 is 0 Å². The number of hydrogen-bond donors (Lipinski definition) is 0. The van der Waals surface area contributed by atoms with E-state index in [2.05, 4.69) is 5.16 Å². The Bertz CT molecular complexity index is 989. The number of methoxy groups -OCH3 is 2. The maximum absolute atomic E-state index is 13.1. The van der Waals surface area contributed by atoms with E-state index in [9.17, 15) is 9.59 Å². The first kappa shape index (κ1) is 18.3. The molecule has 2 amide bonds. The molecule has 2 aliphatic rings. The summed E-state index contributed by atoms with van der Waals surface area (Å²) >= 11 is 5.90. The number of carbonyl (C=O) groups excluding carboxylic acids is 2. The molecule has 0 aliphatic carbocycles. The van der Waals surface area contributed by atoms with Crippen LogP contribution < -0.4 is 14.4 Å². The van der Waals surface area contributed by atoms with E-state index in [-0.39, 0.29) is 18.7 Å². The molecule has 0 aromatic heterocycles. The first-order chi connectivity index (χ1) is 13.5. The minimum absolute atomic E-state index is 0.0834. The highest BCUT2D eigenvalue weighted by Crippen LogP contribution is 2.40. The fourth-order valence-corrected chi connectivity index (χ4v) is 3.56. The van der Waals surface area contributed by atoms with E-state index in [4.69, 9.17) is 25.9 Å². The van der Waals surface area contributed by atoms with Gasteiger partial charge in [0.1, 0.15) is 11.5 Å². The Labute approximate surface area is 166 Å². The van der Waals surface area contributed by atoms with E-state index in [0.717, 1.165) is 4.90 Å². The van der Waals surface area contributed by atoms with E-state index in [1.165, 1.54) is 7.11 Å². The van der Waals surface area contributed by atoms with Crippen LogP contribution in [-0.4, -0.2) is 37.3 Å². The van der Waals surface area contributed by atoms with Gasteiger partial charge in [-0.05, 0) is 36.4 Å². The summed E-state index contributed by atoms with van der Waals surface area (Å²) in [5.41, 5.74) is 0.344. The molecule has 144 valence electrons. The number of carbonyl (C=O) groups is 2. The summed E-state index contributed by atoms with van der Waals surface area (Å²) in [7, 11) is 3.10. The quantitative estimate of drug-likeness (QED) is 0.736. The van der Waals surface area contributed by atoms with E-state index < -0.39 is 11.5 Å². The molecule has 0 N–H and O–H groups in total. The smallest absolute Gasteiger partial charge is 0.281 e. The first-order valence-electron chi connectivity index (χ1n) is 8.58. The maximum atomic E-state index is 13.1. The van der Waals surface area contributed by atoms with Gasteiger partial charge in [0.15, 0.2) is 0 Å². The molecule has 1 fully saturated rings. The number of oxime groups is 1. The lowest BCUT2D eigenvalue weighted by atomic mass is 9.92. The summed E-state index contributed by atoms with van der Waals surface area (Å²) in [6.45, 7) is 0. The van der Waals surface area contributed by atoms with Crippen molar-refractivity contribution in [2.24, 2.45) is 5.16 Å². The second-order valence-corrected chi connectivity index (χ2v) is 6.99. The zero-order valence-corrected chi connectivity index (χ0v) is 16.0. The average molecular weight is 401 g/mol. The molecule has 2 heterocycles. The molecule has 0 saturated carbocycles. The number of rotatable bonds is 4. The van der Waals surface area contributed by atoms with E-state index in [0.29, 0.717) is 33.5 Å². The molecule has 1 saturated heterocycles. The van der Waals surface area contributed by atoms with Crippen LogP contribution in [0.5, 0.6) is 11.5 Å². The van der Waals surface area contributed by atoms with Crippen LogP contribution in [0.1, 0.15) is 18.4 Å². The second kappa shape index (κ2) is 6.83. The van der Waals surface area contributed by atoms with Gasteiger partial charge in [-0.25, -0.2) is 4.90 Å². The van der Waals surface area contributed by atoms with E-state index in [1.807, 2.05) is 0 Å². The maximum Gasteiger partial charge on any atom is 0.281 e. The molecule has 2 aromatic rings. The number of halogens is 1. The standard InChI is InChI=1S/C20H17ClN2O5/c1-26-14-7-8-15(17(9-14)27-2)16-10-20(28-22-16)11-18(24)23(19(20)25)13-5-3-12(21)4-6-13/h3-9H,10-11H2,1-2H3/t20-/m0/s1. The van der Waals surface area contributed by atoms with Gasteiger partial charge in [0.2, 0.25) is 11.5 Å². The monoisotopic (exact) mass is 400 g/mol. The molecule has 8 heteroatoms. The van der Waals surface area contributed by atoms with Crippen molar-refractivity contribution < 1.29 is 23.9 Å². The molecule has 0 unspecified atom stereocenters. The number of nitrogens with zero attached hydrogens (tertiary/aromatic N) is 2. The third-order valence-electron chi connectivity index (χ3n) is 4.87. The van der Waals surface area contributed by atoms with Crippen molar-refractivity contribution in [1.29, 1.82) is 0 Å². The Morgan fingerprint density at radius 1 is 1.07 bits per heavy atom. The van der Waals surface area contributed by atoms with Crippen molar-refractivity contribution in [2.75, 3.05) is 19.1 Å². The summed E-state index contributed by atoms with van der Waals surface area (Å²) in [5.74, 6) is 0.400. The molecule has 2 aromatic carbocycles. The Morgan fingerprint density at radius 2 is 1.82 bits per heavy atom. The lowest BCUT2D eigenvalue weighted by Crippen LogP contribution is -2.40. The van der Waals surface area contributed by atoms with Gasteiger partial charge in [0.05, 0.1) is 32.0 Å². The van der Waals surface area contributed by atoms with Crippen LogP contribution in [-0.2, 0) is 14.4 Å². The van der Waals surface area contributed by atoms with Crippen LogP contribution in [0.25, 0.3) is 0 Å². The average Bonchev–Trinajstić information content (AvgIpc) is 3.23. The fraction of sp³-hybridized carbons (Fsp3) is 0.250. The zero-order chi connectivity index (χ0) is 19.9. The molecular weight excluding hydrogens is 384 g/mol. The van der Waals surface area contributed by atoms with Crippen molar-refractivity contribution in [3.05, 3.63) is 53.1 Å². The first-order valence-corrected chi connectivity index (χ1v) is 8.95. The molecule has 0 bridgehead atoms. The van der Waals surface area contributed by atoms with Crippen LogP contribution in [0.15, 0.2) is 47.6 Å². The number of ether oxygens (including phenoxy) is 2. The van der Waals surface area contributed by atoms with E-state index in [1.54, 1.807) is 49.6 Å². The molecule has 1 spiro atoms. The third kappa shape index (κ3) is 2.88. The van der Waals surface area contributed by atoms with Crippen LogP contribution in [0.2, 0.25) is 5.02 Å². The number of hydrogen-bond acceptors (Lipinski definition) is 6. The third-order valence-corrected chi connectivity index (χ3v) is 5.12. The van der Waals surface area contributed by atoms with E-state index >= 15 is 0 Å². The topological polar surface area (TPSA) is 77.4 Å².